The number of amides is 3. The fourth-order valence-corrected chi connectivity index (χ4v) is 4.97. The number of carbonyl (C=O) groups excluding carboxylic acids is 3. The van der Waals surface area contributed by atoms with Crippen LogP contribution in [0, 0.1) is 0 Å². The SMILES string of the molecule is COC(=O)c1ccc(OC[C@@H]2C[C@H](N(C)C)CN2C(=O)Cc2ccc(NC(=O)Nc3ccccc3Cl)c(OC)c2)cc1. The molecule has 1 aliphatic rings. The van der Waals surface area contributed by atoms with Gasteiger partial charge in [-0.3, -0.25) is 4.79 Å². The summed E-state index contributed by atoms with van der Waals surface area (Å²) in [6.07, 6.45) is 0.929. The van der Waals surface area contributed by atoms with E-state index in [4.69, 9.17) is 25.8 Å². The van der Waals surface area contributed by atoms with Crippen LogP contribution in [0.2, 0.25) is 5.02 Å². The van der Waals surface area contributed by atoms with E-state index in [-0.39, 0.29) is 24.4 Å². The number of urea groups is 1. The number of esters is 1. The Balaban J connectivity index is 1.40. The van der Waals surface area contributed by atoms with E-state index in [0.29, 0.717) is 46.6 Å². The number of benzene rings is 3. The predicted octanol–water partition coefficient (Wildman–Crippen LogP) is 4.93. The first-order valence-corrected chi connectivity index (χ1v) is 13.8. The molecule has 3 amide bonds. The third kappa shape index (κ3) is 7.71. The number of likely N-dealkylation sites (tertiary alicyclic amines) is 1. The van der Waals surface area contributed by atoms with Crippen LogP contribution in [0.25, 0.3) is 0 Å². The summed E-state index contributed by atoms with van der Waals surface area (Å²) in [5.74, 6) is 0.587. The maximum atomic E-state index is 13.5. The molecule has 1 fully saturated rings. The molecule has 0 unspecified atom stereocenters. The number of anilines is 2. The van der Waals surface area contributed by atoms with E-state index < -0.39 is 12.0 Å². The lowest BCUT2D eigenvalue weighted by atomic mass is 10.1. The number of para-hydroxylation sites is 1. The Bertz CT molecular complexity index is 1410. The van der Waals surface area contributed by atoms with Crippen LogP contribution in [-0.4, -0.2) is 81.3 Å². The molecular formula is C31H35ClN4O6. The minimum absolute atomic E-state index is 0.0341. The molecule has 11 heteroatoms. The number of ether oxygens (including phenoxy) is 3. The summed E-state index contributed by atoms with van der Waals surface area (Å²) in [5.41, 5.74) is 2.13. The summed E-state index contributed by atoms with van der Waals surface area (Å²) in [7, 11) is 6.84. The molecular weight excluding hydrogens is 560 g/mol. The van der Waals surface area contributed by atoms with Gasteiger partial charge in [-0.1, -0.05) is 29.8 Å². The number of hydrogen-bond acceptors (Lipinski definition) is 7. The molecule has 2 atom stereocenters. The highest BCUT2D eigenvalue weighted by molar-refractivity contribution is 6.33. The molecule has 42 heavy (non-hydrogen) atoms. The van der Waals surface area contributed by atoms with E-state index in [0.717, 1.165) is 12.0 Å². The van der Waals surface area contributed by atoms with Crippen molar-refractivity contribution in [3.63, 3.8) is 0 Å². The highest BCUT2D eigenvalue weighted by atomic mass is 35.5. The molecule has 0 aliphatic carbocycles. The van der Waals surface area contributed by atoms with Gasteiger partial charge in [0.05, 0.1) is 48.6 Å². The van der Waals surface area contributed by atoms with Gasteiger partial charge >= 0.3 is 12.0 Å². The van der Waals surface area contributed by atoms with Crippen LogP contribution < -0.4 is 20.1 Å². The minimum Gasteiger partial charge on any atom is -0.495 e. The molecule has 4 rings (SSSR count). The van der Waals surface area contributed by atoms with Crippen LogP contribution in [0.4, 0.5) is 16.2 Å². The first-order valence-electron chi connectivity index (χ1n) is 13.4. The Morgan fingerprint density at radius 3 is 2.36 bits per heavy atom. The second kappa shape index (κ2) is 14.1. The molecule has 0 radical (unpaired) electrons. The fourth-order valence-electron chi connectivity index (χ4n) is 4.79. The van der Waals surface area contributed by atoms with Crippen LogP contribution in [0.1, 0.15) is 22.3 Å². The smallest absolute Gasteiger partial charge is 0.337 e. The zero-order valence-corrected chi connectivity index (χ0v) is 24.8. The van der Waals surface area contributed by atoms with E-state index in [1.807, 2.05) is 19.0 Å². The van der Waals surface area contributed by atoms with Crippen LogP contribution >= 0.6 is 11.6 Å². The number of methoxy groups -OCH3 is 2. The molecule has 1 heterocycles. The topological polar surface area (TPSA) is 109 Å². The predicted molar refractivity (Wildman–Crippen MR) is 162 cm³/mol. The van der Waals surface area contributed by atoms with Crippen molar-refractivity contribution in [3.8, 4) is 11.5 Å². The average molecular weight is 595 g/mol. The zero-order valence-electron chi connectivity index (χ0n) is 24.1. The summed E-state index contributed by atoms with van der Waals surface area (Å²) in [6.45, 7) is 0.903. The Hall–Kier alpha value is -4.28. The second-order valence-corrected chi connectivity index (χ2v) is 10.6. The summed E-state index contributed by atoms with van der Waals surface area (Å²) in [4.78, 5) is 41.8. The Morgan fingerprint density at radius 1 is 0.976 bits per heavy atom. The maximum absolute atomic E-state index is 13.5. The van der Waals surface area contributed by atoms with Crippen LogP contribution in [0.15, 0.2) is 66.7 Å². The number of rotatable bonds is 10. The van der Waals surface area contributed by atoms with Gasteiger partial charge in [0.15, 0.2) is 0 Å². The molecule has 10 nitrogen and oxygen atoms in total. The Morgan fingerprint density at radius 2 is 1.69 bits per heavy atom. The van der Waals surface area contributed by atoms with Gasteiger partial charge < -0.3 is 34.6 Å². The van der Waals surface area contributed by atoms with Crippen molar-refractivity contribution in [2.24, 2.45) is 0 Å². The number of likely N-dealkylation sites (N-methyl/N-ethyl adjacent to an activating group) is 1. The molecule has 0 bridgehead atoms. The summed E-state index contributed by atoms with van der Waals surface area (Å²) < 4.78 is 16.3. The van der Waals surface area contributed by atoms with Gasteiger partial charge in [-0.25, -0.2) is 9.59 Å². The molecule has 0 saturated carbocycles. The molecule has 1 aliphatic heterocycles. The lowest BCUT2D eigenvalue weighted by Gasteiger charge is -2.25. The standard InChI is InChI=1S/C31H35ClN4O6/c1-35(2)22-17-23(19-42-24-12-10-21(11-13-24)30(38)41-4)36(18-22)29(37)16-20-9-14-27(28(15-20)40-3)34-31(39)33-26-8-6-5-7-25(26)32/h5-15,22-23H,16-19H2,1-4H3,(H2,33,34,39)/t22-,23-/m0/s1. The first-order chi connectivity index (χ1) is 20.2. The molecule has 0 aromatic heterocycles. The van der Waals surface area contributed by atoms with Gasteiger partial charge in [-0.2, -0.15) is 0 Å². The Kier molecular flexibility index (Phi) is 10.3. The zero-order chi connectivity index (χ0) is 30.2. The number of hydrogen-bond donors (Lipinski definition) is 2. The second-order valence-electron chi connectivity index (χ2n) is 10.2. The monoisotopic (exact) mass is 594 g/mol. The summed E-state index contributed by atoms with van der Waals surface area (Å²) >= 11 is 6.13. The highest BCUT2D eigenvalue weighted by Gasteiger charge is 2.36. The van der Waals surface area contributed by atoms with Gasteiger partial charge in [0.2, 0.25) is 5.91 Å². The lowest BCUT2D eigenvalue weighted by molar-refractivity contribution is -0.131. The Labute approximate surface area is 250 Å². The van der Waals surface area contributed by atoms with Gasteiger partial charge in [-0.05, 0) is 74.6 Å². The molecule has 2 N–H and O–H groups in total. The van der Waals surface area contributed by atoms with Crippen molar-refractivity contribution in [2.75, 3.05) is 52.1 Å². The summed E-state index contributed by atoms with van der Waals surface area (Å²) in [5, 5.41) is 5.90. The number of halogens is 1. The van der Waals surface area contributed by atoms with Crippen molar-refractivity contribution in [1.29, 1.82) is 0 Å². The van der Waals surface area contributed by atoms with Crippen molar-refractivity contribution in [2.45, 2.75) is 24.9 Å². The van der Waals surface area contributed by atoms with Gasteiger partial charge in [0.25, 0.3) is 0 Å². The van der Waals surface area contributed by atoms with Crippen molar-refractivity contribution < 1.29 is 28.6 Å². The third-order valence-corrected chi connectivity index (χ3v) is 7.48. The first kappa shape index (κ1) is 30.7. The van der Waals surface area contributed by atoms with E-state index >= 15 is 0 Å². The van der Waals surface area contributed by atoms with E-state index in [2.05, 4.69) is 15.5 Å². The fraction of sp³-hybridized carbons (Fsp3) is 0.323. The van der Waals surface area contributed by atoms with Gasteiger partial charge in [-0.15, -0.1) is 0 Å². The normalized spacial score (nSPS) is 16.2. The lowest BCUT2D eigenvalue weighted by Crippen LogP contribution is -2.40. The molecule has 1 saturated heterocycles. The summed E-state index contributed by atoms with van der Waals surface area (Å²) in [6, 6.07) is 18.5. The van der Waals surface area contributed by atoms with Gasteiger partial charge in [0.1, 0.15) is 18.1 Å². The molecule has 3 aromatic carbocycles. The van der Waals surface area contributed by atoms with Gasteiger partial charge in [0, 0.05) is 12.6 Å². The van der Waals surface area contributed by atoms with E-state index in [1.165, 1.54) is 14.2 Å². The van der Waals surface area contributed by atoms with Crippen molar-refractivity contribution in [3.05, 3.63) is 82.9 Å². The van der Waals surface area contributed by atoms with E-state index in [9.17, 15) is 14.4 Å². The van der Waals surface area contributed by atoms with Crippen LogP contribution in [-0.2, 0) is 16.0 Å². The van der Waals surface area contributed by atoms with Crippen LogP contribution in [0.5, 0.6) is 11.5 Å². The number of nitrogens with zero attached hydrogens (tertiary/aromatic N) is 2. The van der Waals surface area contributed by atoms with E-state index in [1.54, 1.807) is 66.7 Å². The minimum atomic E-state index is -0.472. The highest BCUT2D eigenvalue weighted by Crippen LogP contribution is 2.29. The van der Waals surface area contributed by atoms with Crippen molar-refractivity contribution in [1.82, 2.24) is 9.80 Å². The van der Waals surface area contributed by atoms with Crippen LogP contribution in [0.3, 0.4) is 0 Å². The largest absolute Gasteiger partial charge is 0.495 e. The molecule has 3 aromatic rings. The quantitative estimate of drug-likeness (QED) is 0.320. The number of carbonyl (C=O) groups is 3. The maximum Gasteiger partial charge on any atom is 0.337 e. The van der Waals surface area contributed by atoms with Crippen molar-refractivity contribution >= 4 is 40.9 Å². The third-order valence-electron chi connectivity index (χ3n) is 7.15. The average Bonchev–Trinajstić information content (AvgIpc) is 3.43. The molecule has 0 spiro atoms. The number of nitrogens with one attached hydrogen (secondary N) is 2. The molecule has 222 valence electrons.